The van der Waals surface area contributed by atoms with Crippen molar-refractivity contribution in [2.75, 3.05) is 26.2 Å². The van der Waals surface area contributed by atoms with E-state index < -0.39 is 0 Å². The Morgan fingerprint density at radius 3 is 2.58 bits per heavy atom. The zero-order chi connectivity index (χ0) is 26.4. The largest absolute Gasteiger partial charge is 0.503 e. The fourth-order valence-electron chi connectivity index (χ4n) is 6.47. The van der Waals surface area contributed by atoms with Crippen molar-refractivity contribution in [3.8, 4) is 5.75 Å². The van der Waals surface area contributed by atoms with Crippen LogP contribution in [0.15, 0.2) is 64.2 Å². The fraction of sp³-hybridized carbons (Fsp3) is 0.400. The van der Waals surface area contributed by atoms with Crippen LogP contribution in [0.25, 0.3) is 5.57 Å². The van der Waals surface area contributed by atoms with Crippen LogP contribution < -0.4 is 11.0 Å². The second-order valence-electron chi connectivity index (χ2n) is 11.0. The maximum atomic E-state index is 13.3. The number of fused-ring (bicyclic) bond motifs is 4. The number of halogens is 1. The molecule has 6 rings (SSSR count). The van der Waals surface area contributed by atoms with Crippen molar-refractivity contribution >= 4 is 5.57 Å². The van der Waals surface area contributed by atoms with Crippen molar-refractivity contribution in [2.24, 2.45) is 13.0 Å². The second kappa shape index (κ2) is 10.0. The molecule has 1 saturated heterocycles. The number of hydrogen-bond donors (Lipinski definition) is 1. The smallest absolute Gasteiger partial charge is 0.250 e. The summed E-state index contributed by atoms with van der Waals surface area (Å²) < 4.78 is 17.2. The molecule has 38 heavy (non-hydrogen) atoms. The number of piperidine rings is 1. The maximum absolute atomic E-state index is 13.3. The minimum absolute atomic E-state index is 0.0774. The van der Waals surface area contributed by atoms with Gasteiger partial charge in [0, 0.05) is 82.3 Å². The summed E-state index contributed by atoms with van der Waals surface area (Å²) in [7, 11) is 1.92. The third kappa shape index (κ3) is 4.74. The van der Waals surface area contributed by atoms with Crippen LogP contribution in [-0.2, 0) is 26.7 Å². The summed E-state index contributed by atoms with van der Waals surface area (Å²) in [5, 5.41) is 10.7. The lowest BCUT2D eigenvalue weighted by molar-refractivity contribution is 0.112. The van der Waals surface area contributed by atoms with Crippen LogP contribution in [-0.4, -0.2) is 50.2 Å². The first-order valence-electron chi connectivity index (χ1n) is 13.4. The number of nitrogens with zero attached hydrogens (tertiary/aromatic N) is 4. The van der Waals surface area contributed by atoms with E-state index in [9.17, 15) is 19.1 Å². The van der Waals surface area contributed by atoms with E-state index in [1.807, 2.05) is 34.4 Å². The molecule has 0 spiro atoms. The van der Waals surface area contributed by atoms with E-state index in [0.717, 1.165) is 56.0 Å². The molecule has 0 radical (unpaired) electrons. The zero-order valence-corrected chi connectivity index (χ0v) is 21.6. The van der Waals surface area contributed by atoms with Gasteiger partial charge in [-0.05, 0) is 48.1 Å². The molecule has 8 heteroatoms. The number of rotatable bonds is 5. The summed E-state index contributed by atoms with van der Waals surface area (Å²) in [6.45, 7) is 5.04. The van der Waals surface area contributed by atoms with Gasteiger partial charge in [-0.25, -0.2) is 4.39 Å². The van der Waals surface area contributed by atoms with Crippen LogP contribution in [0.3, 0.4) is 0 Å². The highest BCUT2D eigenvalue weighted by Crippen LogP contribution is 2.35. The van der Waals surface area contributed by atoms with E-state index in [4.69, 9.17) is 0 Å². The molecule has 0 saturated carbocycles. The molecule has 3 aromatic rings. The Kier molecular flexibility index (Phi) is 6.53. The van der Waals surface area contributed by atoms with Crippen LogP contribution in [0.5, 0.6) is 5.75 Å². The van der Waals surface area contributed by atoms with Gasteiger partial charge in [0.15, 0.2) is 5.75 Å². The molecule has 0 amide bonds. The maximum Gasteiger partial charge on any atom is 0.250 e. The molecule has 1 N–H and O–H groups in total. The minimum Gasteiger partial charge on any atom is -0.503 e. The van der Waals surface area contributed by atoms with Crippen molar-refractivity contribution in [1.82, 2.24) is 18.9 Å². The summed E-state index contributed by atoms with van der Waals surface area (Å²) in [5.74, 6) is 0.287. The lowest BCUT2D eigenvalue weighted by atomic mass is 9.83. The molecule has 198 valence electrons. The zero-order valence-electron chi connectivity index (χ0n) is 21.6. The number of aromatic hydroxyl groups is 1. The number of aromatic nitrogens is 2. The summed E-state index contributed by atoms with van der Waals surface area (Å²) in [6.07, 6.45) is 4.05. The lowest BCUT2D eigenvalue weighted by Gasteiger charge is -2.43. The standard InChI is InChI=1S/C30H33FN4O3/c1-32-25(18-34-15-20-13-23(17-34)26-3-2-4-29(37)35(26)16-20)14-28(36)30(38)27(32)19-33-11-9-22(10-12-33)21-5-7-24(31)8-6-21/h2-9,14,20,23,38H,10-13,15-19H2,1H3/t20-,23+/m0/s1. The van der Waals surface area contributed by atoms with Gasteiger partial charge in [-0.2, -0.15) is 0 Å². The van der Waals surface area contributed by atoms with Crippen LogP contribution >= 0.6 is 0 Å². The Balaban J connectivity index is 1.18. The van der Waals surface area contributed by atoms with Crippen LogP contribution in [0.1, 0.15) is 41.4 Å². The van der Waals surface area contributed by atoms with Gasteiger partial charge in [0.1, 0.15) is 5.82 Å². The van der Waals surface area contributed by atoms with Gasteiger partial charge < -0.3 is 14.2 Å². The van der Waals surface area contributed by atoms with E-state index in [1.54, 1.807) is 12.1 Å². The number of likely N-dealkylation sites (tertiary alicyclic amines) is 1. The van der Waals surface area contributed by atoms with Crippen molar-refractivity contribution < 1.29 is 9.50 Å². The van der Waals surface area contributed by atoms with Gasteiger partial charge in [0.2, 0.25) is 5.43 Å². The number of hydrogen-bond acceptors (Lipinski definition) is 5. The van der Waals surface area contributed by atoms with Crippen LogP contribution in [0, 0.1) is 11.7 Å². The van der Waals surface area contributed by atoms with E-state index in [2.05, 4.69) is 21.9 Å². The molecule has 2 aromatic heterocycles. The van der Waals surface area contributed by atoms with Gasteiger partial charge in [0.25, 0.3) is 5.56 Å². The van der Waals surface area contributed by atoms with E-state index in [0.29, 0.717) is 37.2 Å². The van der Waals surface area contributed by atoms with Gasteiger partial charge in [-0.3, -0.25) is 19.4 Å². The van der Waals surface area contributed by atoms with E-state index in [1.165, 1.54) is 17.7 Å². The predicted octanol–water partition coefficient (Wildman–Crippen LogP) is 3.30. The Labute approximate surface area is 221 Å². The van der Waals surface area contributed by atoms with Gasteiger partial charge in [0.05, 0.1) is 5.69 Å². The Morgan fingerprint density at radius 2 is 1.82 bits per heavy atom. The Bertz CT molecular complexity index is 1510. The SMILES string of the molecule is Cn1c(CN2C[C@@H]3C[C@H](C2)c2cccc(=O)n2C3)cc(=O)c(O)c1CN1CC=C(c2ccc(F)cc2)CC1. The normalized spacial score (nSPS) is 21.7. The van der Waals surface area contributed by atoms with Gasteiger partial charge in [-0.15, -0.1) is 0 Å². The monoisotopic (exact) mass is 516 g/mol. The number of benzene rings is 1. The minimum atomic E-state index is -0.346. The summed E-state index contributed by atoms with van der Waals surface area (Å²) >= 11 is 0. The molecular weight excluding hydrogens is 483 g/mol. The quantitative estimate of drug-likeness (QED) is 0.564. The summed E-state index contributed by atoms with van der Waals surface area (Å²) in [6, 6.07) is 13.7. The average molecular weight is 517 g/mol. The average Bonchev–Trinajstić information content (AvgIpc) is 2.91. The van der Waals surface area contributed by atoms with Gasteiger partial charge >= 0.3 is 0 Å². The first kappa shape index (κ1) is 24.8. The molecule has 3 aliphatic rings. The third-order valence-electron chi connectivity index (χ3n) is 8.46. The first-order chi connectivity index (χ1) is 18.4. The van der Waals surface area contributed by atoms with E-state index >= 15 is 0 Å². The first-order valence-corrected chi connectivity index (χ1v) is 13.4. The van der Waals surface area contributed by atoms with Crippen molar-refractivity contribution in [2.45, 2.75) is 38.4 Å². The molecular formula is C30H33FN4O3. The molecule has 2 atom stereocenters. The highest BCUT2D eigenvalue weighted by Gasteiger charge is 2.34. The van der Waals surface area contributed by atoms with Crippen molar-refractivity contribution in [1.29, 1.82) is 0 Å². The fourth-order valence-corrected chi connectivity index (χ4v) is 6.47. The van der Waals surface area contributed by atoms with Crippen LogP contribution in [0.2, 0.25) is 0 Å². The molecule has 0 aliphatic carbocycles. The van der Waals surface area contributed by atoms with Crippen LogP contribution in [0.4, 0.5) is 4.39 Å². The highest BCUT2D eigenvalue weighted by atomic mass is 19.1. The van der Waals surface area contributed by atoms with Gasteiger partial charge in [-0.1, -0.05) is 24.3 Å². The molecule has 1 aromatic carbocycles. The topological polar surface area (TPSA) is 70.7 Å². The molecule has 2 bridgehead atoms. The Hall–Kier alpha value is -3.49. The molecule has 1 fully saturated rings. The van der Waals surface area contributed by atoms with E-state index in [-0.39, 0.29) is 22.6 Å². The van der Waals surface area contributed by atoms with Crippen molar-refractivity contribution in [3.05, 3.63) is 104 Å². The highest BCUT2D eigenvalue weighted by molar-refractivity contribution is 5.66. The van der Waals surface area contributed by atoms with Crippen molar-refractivity contribution in [3.63, 3.8) is 0 Å². The summed E-state index contributed by atoms with van der Waals surface area (Å²) in [5.41, 5.74) is 4.56. The second-order valence-corrected chi connectivity index (χ2v) is 11.0. The lowest BCUT2D eigenvalue weighted by Crippen LogP contribution is -2.47. The molecule has 7 nitrogen and oxygen atoms in total. The number of pyridine rings is 2. The third-order valence-corrected chi connectivity index (χ3v) is 8.46. The predicted molar refractivity (Wildman–Crippen MR) is 144 cm³/mol. The summed E-state index contributed by atoms with van der Waals surface area (Å²) in [4.78, 5) is 29.7. The molecule has 0 unspecified atom stereocenters. The molecule has 3 aliphatic heterocycles. The molecule has 5 heterocycles. The Morgan fingerprint density at radius 1 is 1.00 bits per heavy atom.